The van der Waals surface area contributed by atoms with Gasteiger partial charge in [0.05, 0.1) is 0 Å². The molecule has 2 aromatic carbocycles. The maximum atomic E-state index is 12.1. The third-order valence-corrected chi connectivity index (χ3v) is 4.75. The number of rotatable bonds is 2. The minimum atomic E-state index is -0.00565. The number of benzene rings is 2. The molecule has 0 saturated heterocycles. The zero-order chi connectivity index (χ0) is 15.7. The fourth-order valence-corrected chi connectivity index (χ4v) is 3.76. The lowest BCUT2D eigenvalue weighted by Gasteiger charge is -2.35. The lowest BCUT2D eigenvalue weighted by atomic mass is 9.83. The SMILES string of the molecule is C=CC(=O)N1Cc2c(C)cc(Br)cc2[C@H](c2ccccc2)C1. The van der Waals surface area contributed by atoms with Gasteiger partial charge in [-0.15, -0.1) is 0 Å². The third-order valence-electron chi connectivity index (χ3n) is 4.29. The first-order valence-electron chi connectivity index (χ1n) is 7.35. The van der Waals surface area contributed by atoms with E-state index in [1.54, 1.807) is 0 Å². The Balaban J connectivity index is 2.13. The summed E-state index contributed by atoms with van der Waals surface area (Å²) in [5, 5.41) is 0. The van der Waals surface area contributed by atoms with Gasteiger partial charge in [0.25, 0.3) is 0 Å². The van der Waals surface area contributed by atoms with Gasteiger partial charge >= 0.3 is 0 Å². The van der Waals surface area contributed by atoms with Crippen LogP contribution in [0.15, 0.2) is 59.6 Å². The van der Waals surface area contributed by atoms with Gasteiger partial charge in [-0.2, -0.15) is 0 Å². The Bertz CT molecular complexity index is 724. The van der Waals surface area contributed by atoms with Crippen LogP contribution in [0.5, 0.6) is 0 Å². The van der Waals surface area contributed by atoms with E-state index in [1.165, 1.54) is 28.3 Å². The van der Waals surface area contributed by atoms with Crippen molar-refractivity contribution in [1.29, 1.82) is 0 Å². The van der Waals surface area contributed by atoms with Gasteiger partial charge in [0, 0.05) is 23.5 Å². The Hall–Kier alpha value is -1.87. The largest absolute Gasteiger partial charge is 0.334 e. The summed E-state index contributed by atoms with van der Waals surface area (Å²) >= 11 is 3.60. The second-order valence-electron chi connectivity index (χ2n) is 5.68. The number of hydrogen-bond acceptors (Lipinski definition) is 1. The van der Waals surface area contributed by atoms with Gasteiger partial charge in [0.2, 0.25) is 5.91 Å². The molecule has 2 nitrogen and oxygen atoms in total. The number of halogens is 1. The molecule has 3 rings (SSSR count). The lowest BCUT2D eigenvalue weighted by Crippen LogP contribution is -2.38. The van der Waals surface area contributed by atoms with Crippen molar-refractivity contribution in [3.8, 4) is 0 Å². The van der Waals surface area contributed by atoms with E-state index in [1.807, 2.05) is 23.1 Å². The molecule has 1 atom stereocenters. The molecule has 0 unspecified atom stereocenters. The minimum absolute atomic E-state index is 0.00565. The van der Waals surface area contributed by atoms with Crippen LogP contribution in [0.1, 0.15) is 28.2 Å². The number of hydrogen-bond donors (Lipinski definition) is 0. The maximum absolute atomic E-state index is 12.1. The van der Waals surface area contributed by atoms with Crippen molar-refractivity contribution in [2.45, 2.75) is 19.4 Å². The highest BCUT2D eigenvalue weighted by atomic mass is 79.9. The van der Waals surface area contributed by atoms with Crippen molar-refractivity contribution >= 4 is 21.8 Å². The highest BCUT2D eigenvalue weighted by Crippen LogP contribution is 2.37. The van der Waals surface area contributed by atoms with Crippen molar-refractivity contribution in [3.63, 3.8) is 0 Å². The van der Waals surface area contributed by atoms with Gasteiger partial charge in [-0.25, -0.2) is 0 Å². The van der Waals surface area contributed by atoms with E-state index < -0.39 is 0 Å². The van der Waals surface area contributed by atoms with Crippen LogP contribution in [0.25, 0.3) is 0 Å². The average molecular weight is 356 g/mol. The number of carbonyl (C=O) groups is 1. The summed E-state index contributed by atoms with van der Waals surface area (Å²) in [5.74, 6) is 0.193. The normalized spacial score (nSPS) is 17.0. The van der Waals surface area contributed by atoms with Crippen molar-refractivity contribution in [1.82, 2.24) is 4.90 Å². The van der Waals surface area contributed by atoms with Gasteiger partial charge in [-0.3, -0.25) is 4.79 Å². The fourth-order valence-electron chi connectivity index (χ4n) is 3.17. The molecular formula is C19H18BrNO. The van der Waals surface area contributed by atoms with Crippen LogP contribution in [0, 0.1) is 6.92 Å². The van der Waals surface area contributed by atoms with E-state index in [9.17, 15) is 4.79 Å². The molecule has 3 heteroatoms. The van der Waals surface area contributed by atoms with E-state index in [4.69, 9.17) is 0 Å². The Morgan fingerprint density at radius 2 is 2.05 bits per heavy atom. The van der Waals surface area contributed by atoms with Crippen molar-refractivity contribution in [2.24, 2.45) is 0 Å². The van der Waals surface area contributed by atoms with Gasteiger partial charge in [-0.1, -0.05) is 52.8 Å². The third kappa shape index (κ3) is 2.73. The molecule has 0 N–H and O–H groups in total. The molecule has 1 aliphatic heterocycles. The summed E-state index contributed by atoms with van der Waals surface area (Å²) < 4.78 is 1.09. The van der Waals surface area contributed by atoms with E-state index in [0.29, 0.717) is 13.1 Å². The zero-order valence-corrected chi connectivity index (χ0v) is 14.1. The van der Waals surface area contributed by atoms with Gasteiger partial charge in [-0.05, 0) is 47.4 Å². The Labute approximate surface area is 139 Å². The number of carbonyl (C=O) groups excluding carboxylic acids is 1. The summed E-state index contributed by atoms with van der Waals surface area (Å²) in [6.45, 7) is 7.08. The van der Waals surface area contributed by atoms with E-state index >= 15 is 0 Å². The Morgan fingerprint density at radius 1 is 1.32 bits per heavy atom. The molecule has 1 amide bonds. The molecule has 0 saturated carbocycles. The first-order valence-corrected chi connectivity index (χ1v) is 8.14. The van der Waals surface area contributed by atoms with E-state index in [-0.39, 0.29) is 11.8 Å². The molecule has 1 aliphatic rings. The standard InChI is InChI=1S/C19H18BrNO/c1-3-19(22)21-11-17-13(2)9-15(20)10-16(17)18(12-21)14-7-5-4-6-8-14/h3-10,18H,1,11-12H2,2H3/t18-/m0/s1. The molecule has 22 heavy (non-hydrogen) atoms. The van der Waals surface area contributed by atoms with Crippen molar-refractivity contribution < 1.29 is 4.79 Å². The van der Waals surface area contributed by atoms with Crippen LogP contribution in [-0.4, -0.2) is 17.4 Å². The molecule has 0 radical (unpaired) electrons. The average Bonchev–Trinajstić information content (AvgIpc) is 2.54. The molecule has 0 aliphatic carbocycles. The number of fused-ring (bicyclic) bond motifs is 1. The topological polar surface area (TPSA) is 20.3 Å². The van der Waals surface area contributed by atoms with Crippen molar-refractivity contribution in [2.75, 3.05) is 6.54 Å². The van der Waals surface area contributed by atoms with Crippen LogP contribution in [0.3, 0.4) is 0 Å². The highest BCUT2D eigenvalue weighted by molar-refractivity contribution is 9.10. The monoisotopic (exact) mass is 355 g/mol. The van der Waals surface area contributed by atoms with Crippen molar-refractivity contribution in [3.05, 3.63) is 81.8 Å². The lowest BCUT2D eigenvalue weighted by molar-refractivity contribution is -0.127. The predicted molar refractivity (Wildman–Crippen MR) is 92.8 cm³/mol. The second kappa shape index (κ2) is 6.09. The molecule has 0 spiro atoms. The summed E-state index contributed by atoms with van der Waals surface area (Å²) in [6, 6.07) is 14.7. The fraction of sp³-hybridized carbons (Fsp3) is 0.211. The number of nitrogens with zero attached hydrogens (tertiary/aromatic N) is 1. The molecular weight excluding hydrogens is 338 g/mol. The van der Waals surface area contributed by atoms with Crippen LogP contribution in [0.4, 0.5) is 0 Å². The van der Waals surface area contributed by atoms with Crippen LogP contribution < -0.4 is 0 Å². The first kappa shape index (κ1) is 15.0. The van der Waals surface area contributed by atoms with Crippen LogP contribution in [-0.2, 0) is 11.3 Å². The molecule has 0 bridgehead atoms. The molecule has 0 fully saturated rings. The second-order valence-corrected chi connectivity index (χ2v) is 6.59. The van der Waals surface area contributed by atoms with E-state index in [2.05, 4.69) is 53.7 Å². The van der Waals surface area contributed by atoms with Crippen LogP contribution >= 0.6 is 15.9 Å². The Morgan fingerprint density at radius 3 is 2.73 bits per heavy atom. The van der Waals surface area contributed by atoms with Gasteiger partial charge in [0.1, 0.15) is 0 Å². The molecule has 0 aromatic heterocycles. The summed E-state index contributed by atoms with van der Waals surface area (Å²) in [5.41, 5.74) is 5.01. The van der Waals surface area contributed by atoms with Crippen LogP contribution in [0.2, 0.25) is 0 Å². The number of aryl methyl sites for hydroxylation is 1. The summed E-state index contributed by atoms with van der Waals surface area (Å²) in [7, 11) is 0. The molecule has 2 aromatic rings. The van der Waals surface area contributed by atoms with Gasteiger partial charge in [0.15, 0.2) is 0 Å². The molecule has 1 heterocycles. The Kier molecular flexibility index (Phi) is 4.16. The highest BCUT2D eigenvalue weighted by Gasteiger charge is 2.29. The van der Waals surface area contributed by atoms with Gasteiger partial charge < -0.3 is 4.90 Å². The molecule has 112 valence electrons. The minimum Gasteiger partial charge on any atom is -0.334 e. The van der Waals surface area contributed by atoms with E-state index in [0.717, 1.165) is 4.47 Å². The maximum Gasteiger partial charge on any atom is 0.246 e. The quantitative estimate of drug-likeness (QED) is 0.730. The first-order chi connectivity index (χ1) is 10.6. The summed E-state index contributed by atoms with van der Waals surface area (Å²) in [4.78, 5) is 14.0. The smallest absolute Gasteiger partial charge is 0.246 e. The number of amides is 1. The zero-order valence-electron chi connectivity index (χ0n) is 12.6. The summed E-state index contributed by atoms with van der Waals surface area (Å²) in [6.07, 6.45) is 1.40. The predicted octanol–water partition coefficient (Wildman–Crippen LogP) is 4.42.